The zero-order valence-electron chi connectivity index (χ0n) is 9.91. The first-order chi connectivity index (χ1) is 8.41. The van der Waals surface area contributed by atoms with Crippen molar-refractivity contribution in [1.29, 1.82) is 0 Å². The number of likely N-dealkylation sites (N-methyl/N-ethyl adjacent to an activating group) is 1. The Balaban J connectivity index is 2.89. The minimum Gasteiger partial charge on any atom is -0.508 e. The zero-order chi connectivity index (χ0) is 13.7. The maximum absolute atomic E-state index is 11.2. The third kappa shape index (κ3) is 3.74. The summed E-state index contributed by atoms with van der Waals surface area (Å²) in [6.45, 7) is 0.113. The van der Waals surface area contributed by atoms with Gasteiger partial charge < -0.3 is 15.3 Å². The van der Waals surface area contributed by atoms with Crippen molar-refractivity contribution in [3.63, 3.8) is 0 Å². The van der Waals surface area contributed by atoms with Crippen LogP contribution < -0.4 is 0 Å². The monoisotopic (exact) mass is 253 g/mol. The van der Waals surface area contributed by atoms with E-state index in [4.69, 9.17) is 5.11 Å². The first kappa shape index (κ1) is 14.0. The Morgan fingerprint density at radius 1 is 1.33 bits per heavy atom. The topological polar surface area (TPSA) is 98.1 Å². The molecule has 6 heteroatoms. The molecule has 0 saturated carbocycles. The molecule has 1 atom stereocenters. The molecule has 1 aromatic carbocycles. The van der Waals surface area contributed by atoms with Crippen LogP contribution in [0.2, 0.25) is 0 Å². The van der Waals surface area contributed by atoms with Gasteiger partial charge in [-0.15, -0.1) is 0 Å². The van der Waals surface area contributed by atoms with E-state index in [9.17, 15) is 19.8 Å². The van der Waals surface area contributed by atoms with Gasteiger partial charge in [0.1, 0.15) is 11.8 Å². The second-order valence-electron chi connectivity index (χ2n) is 3.96. The largest absolute Gasteiger partial charge is 0.508 e. The number of rotatable bonds is 6. The van der Waals surface area contributed by atoms with Gasteiger partial charge in [-0.25, -0.2) is 0 Å². The van der Waals surface area contributed by atoms with E-state index < -0.39 is 18.0 Å². The number of nitrogens with zero attached hydrogens (tertiary/aromatic N) is 1. The number of carbonyl (C=O) groups is 2. The van der Waals surface area contributed by atoms with Crippen LogP contribution in [0.3, 0.4) is 0 Å². The van der Waals surface area contributed by atoms with E-state index in [0.717, 1.165) is 0 Å². The van der Waals surface area contributed by atoms with Crippen LogP contribution in [0.25, 0.3) is 0 Å². The van der Waals surface area contributed by atoms with Crippen LogP contribution in [0.15, 0.2) is 24.3 Å². The highest BCUT2D eigenvalue weighted by Gasteiger charge is 2.25. The number of hydrogen-bond acceptors (Lipinski definition) is 4. The molecule has 0 bridgehead atoms. The lowest BCUT2D eigenvalue weighted by molar-refractivity contribution is -0.144. The molecule has 0 aliphatic rings. The molecule has 1 unspecified atom stereocenters. The van der Waals surface area contributed by atoms with Crippen LogP contribution in [0.4, 0.5) is 0 Å². The molecular weight excluding hydrogens is 238 g/mol. The van der Waals surface area contributed by atoms with Gasteiger partial charge in [-0.3, -0.25) is 14.5 Å². The number of phenols is 1. The molecule has 98 valence electrons. The molecule has 0 saturated heterocycles. The van der Waals surface area contributed by atoms with Gasteiger partial charge in [-0.2, -0.15) is 0 Å². The molecule has 0 spiro atoms. The van der Waals surface area contributed by atoms with Gasteiger partial charge >= 0.3 is 11.9 Å². The Hall–Kier alpha value is -2.08. The summed E-state index contributed by atoms with van der Waals surface area (Å²) < 4.78 is 0. The lowest BCUT2D eigenvalue weighted by Gasteiger charge is -2.24. The Bertz CT molecular complexity index is 446. The third-order valence-electron chi connectivity index (χ3n) is 2.54. The summed E-state index contributed by atoms with van der Waals surface area (Å²) in [5, 5.41) is 27.1. The quantitative estimate of drug-likeness (QED) is 0.697. The van der Waals surface area contributed by atoms with Crippen molar-refractivity contribution >= 4 is 11.9 Å². The standard InChI is InChI=1S/C12H15NO5/c1-13(6-5-10(15)16)11(12(17)18)8-3-2-4-9(14)7-8/h2-4,7,11,14H,5-6H2,1H3,(H,15,16)(H,17,18). The maximum atomic E-state index is 11.2. The molecule has 0 amide bonds. The average Bonchev–Trinajstić information content (AvgIpc) is 2.26. The highest BCUT2D eigenvalue weighted by molar-refractivity contribution is 5.76. The molecule has 0 aliphatic heterocycles. The van der Waals surface area contributed by atoms with Crippen molar-refractivity contribution in [2.45, 2.75) is 12.5 Å². The average molecular weight is 253 g/mol. The summed E-state index contributed by atoms with van der Waals surface area (Å²) in [7, 11) is 1.53. The van der Waals surface area contributed by atoms with Crippen molar-refractivity contribution in [2.75, 3.05) is 13.6 Å². The smallest absolute Gasteiger partial charge is 0.325 e. The minimum absolute atomic E-state index is 0.0228. The van der Waals surface area contributed by atoms with Crippen LogP contribution in [0.5, 0.6) is 5.75 Å². The Kier molecular flexibility index (Phi) is 4.67. The molecule has 0 aromatic heterocycles. The number of carboxylic acids is 2. The fraction of sp³-hybridized carbons (Fsp3) is 0.333. The first-order valence-electron chi connectivity index (χ1n) is 5.35. The highest BCUT2D eigenvalue weighted by Crippen LogP contribution is 2.23. The van der Waals surface area contributed by atoms with Gasteiger partial charge in [0, 0.05) is 6.54 Å². The SMILES string of the molecule is CN(CCC(=O)O)C(C(=O)O)c1cccc(O)c1. The van der Waals surface area contributed by atoms with Crippen LogP contribution >= 0.6 is 0 Å². The van der Waals surface area contributed by atoms with E-state index in [1.807, 2.05) is 0 Å². The fourth-order valence-corrected chi connectivity index (χ4v) is 1.68. The molecular formula is C12H15NO5. The third-order valence-corrected chi connectivity index (χ3v) is 2.54. The van der Waals surface area contributed by atoms with Crippen molar-refractivity contribution in [2.24, 2.45) is 0 Å². The van der Waals surface area contributed by atoms with Gasteiger partial charge in [0.15, 0.2) is 0 Å². The summed E-state index contributed by atoms with van der Waals surface area (Å²) in [6.07, 6.45) is -0.140. The van der Waals surface area contributed by atoms with E-state index >= 15 is 0 Å². The van der Waals surface area contributed by atoms with E-state index in [0.29, 0.717) is 5.56 Å². The first-order valence-corrected chi connectivity index (χ1v) is 5.35. The number of phenolic OH excluding ortho intramolecular Hbond substituents is 1. The van der Waals surface area contributed by atoms with Gasteiger partial charge in [0.05, 0.1) is 6.42 Å². The van der Waals surface area contributed by atoms with Gasteiger partial charge in [0.2, 0.25) is 0 Å². The predicted octanol–water partition coefficient (Wildman–Crippen LogP) is 0.924. The Morgan fingerprint density at radius 3 is 2.50 bits per heavy atom. The summed E-state index contributed by atoms with van der Waals surface area (Å²) >= 11 is 0. The summed E-state index contributed by atoms with van der Waals surface area (Å²) in [6, 6.07) is 4.95. The van der Waals surface area contributed by atoms with Crippen LogP contribution in [0, 0.1) is 0 Å². The van der Waals surface area contributed by atoms with Gasteiger partial charge in [-0.1, -0.05) is 12.1 Å². The second kappa shape index (κ2) is 6.02. The molecule has 3 N–H and O–H groups in total. The van der Waals surface area contributed by atoms with Crippen molar-refractivity contribution in [3.05, 3.63) is 29.8 Å². The molecule has 0 aliphatic carbocycles. The number of aliphatic carboxylic acids is 2. The number of hydrogen-bond donors (Lipinski definition) is 3. The van der Waals surface area contributed by atoms with Crippen molar-refractivity contribution in [3.8, 4) is 5.75 Å². The summed E-state index contributed by atoms with van der Waals surface area (Å²) in [4.78, 5) is 23.1. The second-order valence-corrected chi connectivity index (χ2v) is 3.96. The Morgan fingerprint density at radius 2 is 2.00 bits per heavy atom. The van der Waals surface area contributed by atoms with Gasteiger partial charge in [-0.05, 0) is 24.7 Å². The lowest BCUT2D eigenvalue weighted by Crippen LogP contribution is -2.32. The number of carboxylic acid groups (broad SMARTS) is 2. The normalized spacial score (nSPS) is 12.3. The van der Waals surface area contributed by atoms with Crippen LogP contribution in [-0.2, 0) is 9.59 Å². The van der Waals surface area contributed by atoms with Gasteiger partial charge in [0.25, 0.3) is 0 Å². The lowest BCUT2D eigenvalue weighted by atomic mass is 10.1. The van der Waals surface area contributed by atoms with E-state index in [2.05, 4.69) is 0 Å². The maximum Gasteiger partial charge on any atom is 0.325 e. The van der Waals surface area contributed by atoms with Crippen molar-refractivity contribution in [1.82, 2.24) is 4.90 Å². The molecule has 0 heterocycles. The molecule has 6 nitrogen and oxygen atoms in total. The summed E-state index contributed by atoms with van der Waals surface area (Å²) in [5.41, 5.74) is 0.412. The highest BCUT2D eigenvalue weighted by atomic mass is 16.4. The van der Waals surface area contributed by atoms with Crippen molar-refractivity contribution < 1.29 is 24.9 Å². The van der Waals surface area contributed by atoms with E-state index in [1.54, 1.807) is 12.1 Å². The molecule has 0 radical (unpaired) electrons. The molecule has 1 aromatic rings. The minimum atomic E-state index is -1.09. The molecule has 18 heavy (non-hydrogen) atoms. The van der Waals surface area contributed by atoms with Crippen LogP contribution in [-0.4, -0.2) is 45.8 Å². The van der Waals surface area contributed by atoms with E-state index in [1.165, 1.54) is 24.1 Å². The molecule has 1 rings (SSSR count). The van der Waals surface area contributed by atoms with Crippen LogP contribution in [0.1, 0.15) is 18.0 Å². The van der Waals surface area contributed by atoms with E-state index in [-0.39, 0.29) is 18.7 Å². The predicted molar refractivity (Wildman–Crippen MR) is 63.4 cm³/mol. The number of benzene rings is 1. The molecule has 0 fully saturated rings. The summed E-state index contributed by atoms with van der Waals surface area (Å²) in [5.74, 6) is -2.10. The zero-order valence-corrected chi connectivity index (χ0v) is 9.91. The fourth-order valence-electron chi connectivity index (χ4n) is 1.68. The number of aromatic hydroxyl groups is 1. The Labute approximate surface area is 104 Å².